The van der Waals surface area contributed by atoms with Gasteiger partial charge < -0.3 is 14.5 Å². The SMILES string of the molecule is COc1c(C)cnc(CNC(=O)c2cc3ccccc3oc2=O)c1C. The van der Waals surface area contributed by atoms with Gasteiger partial charge in [-0.2, -0.15) is 0 Å². The highest BCUT2D eigenvalue weighted by Crippen LogP contribution is 2.23. The van der Waals surface area contributed by atoms with Crippen LogP contribution in [0.5, 0.6) is 5.75 Å². The summed E-state index contributed by atoms with van der Waals surface area (Å²) in [4.78, 5) is 28.7. The van der Waals surface area contributed by atoms with Crippen LogP contribution < -0.4 is 15.7 Å². The van der Waals surface area contributed by atoms with Crippen LogP contribution in [0.4, 0.5) is 0 Å². The Labute approximate surface area is 144 Å². The highest BCUT2D eigenvalue weighted by Gasteiger charge is 2.15. The molecule has 0 atom stereocenters. The lowest BCUT2D eigenvalue weighted by molar-refractivity contribution is 0.0947. The smallest absolute Gasteiger partial charge is 0.349 e. The highest BCUT2D eigenvalue weighted by molar-refractivity contribution is 5.96. The number of carbonyl (C=O) groups is 1. The molecule has 0 saturated heterocycles. The van der Waals surface area contributed by atoms with E-state index in [1.807, 2.05) is 19.9 Å². The molecule has 2 aromatic heterocycles. The quantitative estimate of drug-likeness (QED) is 0.740. The van der Waals surface area contributed by atoms with Gasteiger partial charge in [-0.3, -0.25) is 9.78 Å². The number of para-hydroxylation sites is 1. The molecule has 1 aromatic carbocycles. The van der Waals surface area contributed by atoms with Crippen LogP contribution in [0, 0.1) is 13.8 Å². The first-order chi connectivity index (χ1) is 12.0. The summed E-state index contributed by atoms with van der Waals surface area (Å²) in [7, 11) is 1.60. The van der Waals surface area contributed by atoms with Gasteiger partial charge in [-0.05, 0) is 26.0 Å². The molecule has 25 heavy (non-hydrogen) atoms. The normalized spacial score (nSPS) is 10.7. The number of carbonyl (C=O) groups excluding carboxylic acids is 1. The second-order valence-corrected chi connectivity index (χ2v) is 5.71. The number of hydrogen-bond donors (Lipinski definition) is 1. The topological polar surface area (TPSA) is 81.4 Å². The average Bonchev–Trinajstić information content (AvgIpc) is 2.60. The van der Waals surface area contributed by atoms with Crippen molar-refractivity contribution < 1.29 is 13.9 Å². The van der Waals surface area contributed by atoms with Crippen molar-refractivity contribution in [2.24, 2.45) is 0 Å². The van der Waals surface area contributed by atoms with Crippen LogP contribution in [-0.4, -0.2) is 18.0 Å². The Morgan fingerprint density at radius 2 is 2.04 bits per heavy atom. The van der Waals surface area contributed by atoms with Crippen molar-refractivity contribution in [1.82, 2.24) is 10.3 Å². The fraction of sp³-hybridized carbons (Fsp3) is 0.211. The fourth-order valence-electron chi connectivity index (χ4n) is 2.73. The largest absolute Gasteiger partial charge is 0.496 e. The molecule has 0 aliphatic rings. The molecule has 3 aromatic rings. The number of fused-ring (bicyclic) bond motifs is 1. The number of hydrogen-bond acceptors (Lipinski definition) is 5. The van der Waals surface area contributed by atoms with Crippen molar-refractivity contribution in [2.45, 2.75) is 20.4 Å². The maximum atomic E-state index is 12.4. The van der Waals surface area contributed by atoms with E-state index >= 15 is 0 Å². The molecule has 6 nitrogen and oxygen atoms in total. The summed E-state index contributed by atoms with van der Waals surface area (Å²) in [5.74, 6) is 0.240. The molecule has 1 amide bonds. The van der Waals surface area contributed by atoms with Gasteiger partial charge in [-0.25, -0.2) is 4.79 Å². The Morgan fingerprint density at radius 1 is 1.28 bits per heavy atom. The van der Waals surface area contributed by atoms with Crippen molar-refractivity contribution >= 4 is 16.9 Å². The van der Waals surface area contributed by atoms with E-state index in [1.165, 1.54) is 6.07 Å². The number of methoxy groups -OCH3 is 1. The minimum Gasteiger partial charge on any atom is -0.496 e. The number of nitrogens with one attached hydrogen (secondary N) is 1. The van der Waals surface area contributed by atoms with Gasteiger partial charge in [0.25, 0.3) is 5.91 Å². The van der Waals surface area contributed by atoms with Gasteiger partial charge >= 0.3 is 5.63 Å². The molecular weight excluding hydrogens is 320 g/mol. The molecule has 0 bridgehead atoms. The van der Waals surface area contributed by atoms with Crippen LogP contribution in [0.15, 0.2) is 45.7 Å². The Hall–Kier alpha value is -3.15. The minimum absolute atomic E-state index is 0.0320. The molecule has 3 rings (SSSR count). The average molecular weight is 338 g/mol. The molecule has 1 N–H and O–H groups in total. The highest BCUT2D eigenvalue weighted by atomic mass is 16.5. The van der Waals surface area contributed by atoms with Crippen molar-refractivity contribution in [3.05, 3.63) is 69.3 Å². The molecule has 6 heteroatoms. The van der Waals surface area contributed by atoms with Gasteiger partial charge in [0.1, 0.15) is 16.9 Å². The Morgan fingerprint density at radius 3 is 2.80 bits per heavy atom. The van der Waals surface area contributed by atoms with Gasteiger partial charge in [0.15, 0.2) is 0 Å². The zero-order valence-corrected chi connectivity index (χ0v) is 14.3. The summed E-state index contributed by atoms with van der Waals surface area (Å²) in [6.07, 6.45) is 1.69. The first-order valence-corrected chi connectivity index (χ1v) is 7.81. The second-order valence-electron chi connectivity index (χ2n) is 5.71. The van der Waals surface area contributed by atoms with E-state index in [9.17, 15) is 9.59 Å². The van der Waals surface area contributed by atoms with E-state index in [1.54, 1.807) is 31.5 Å². The zero-order chi connectivity index (χ0) is 18.0. The van der Waals surface area contributed by atoms with Gasteiger partial charge in [-0.1, -0.05) is 18.2 Å². The third-order valence-electron chi connectivity index (χ3n) is 4.05. The van der Waals surface area contributed by atoms with E-state index < -0.39 is 11.5 Å². The predicted octanol–water partition coefficient (Wildman–Crippen LogP) is 2.74. The van der Waals surface area contributed by atoms with E-state index in [4.69, 9.17) is 9.15 Å². The number of ether oxygens (including phenoxy) is 1. The summed E-state index contributed by atoms with van der Waals surface area (Å²) < 4.78 is 10.5. The summed E-state index contributed by atoms with van der Waals surface area (Å²) in [6, 6.07) is 8.59. The number of aromatic nitrogens is 1. The summed E-state index contributed by atoms with van der Waals surface area (Å²) >= 11 is 0. The molecule has 0 radical (unpaired) electrons. The summed E-state index contributed by atoms with van der Waals surface area (Å²) in [6.45, 7) is 3.97. The van der Waals surface area contributed by atoms with E-state index in [2.05, 4.69) is 10.3 Å². The molecule has 128 valence electrons. The summed E-state index contributed by atoms with van der Waals surface area (Å²) in [5.41, 5.74) is 2.21. The molecule has 0 fully saturated rings. The molecule has 0 aliphatic carbocycles. The van der Waals surface area contributed by atoms with Gasteiger partial charge in [0.2, 0.25) is 0 Å². The van der Waals surface area contributed by atoms with Gasteiger partial charge in [-0.15, -0.1) is 0 Å². The van der Waals surface area contributed by atoms with Crippen molar-refractivity contribution in [3.63, 3.8) is 0 Å². The fourth-order valence-corrected chi connectivity index (χ4v) is 2.73. The van der Waals surface area contributed by atoms with Crippen LogP contribution in [-0.2, 0) is 6.54 Å². The third-order valence-corrected chi connectivity index (χ3v) is 4.05. The molecule has 2 heterocycles. The lowest BCUT2D eigenvalue weighted by Gasteiger charge is -2.12. The molecule has 0 saturated carbocycles. The monoisotopic (exact) mass is 338 g/mol. The maximum absolute atomic E-state index is 12.4. The number of amides is 1. The Balaban J connectivity index is 1.84. The van der Waals surface area contributed by atoms with Crippen LogP contribution in [0.25, 0.3) is 11.0 Å². The standard InChI is InChI=1S/C19H18N2O4/c1-11-9-20-15(12(2)17(11)24-3)10-21-18(22)14-8-13-6-4-5-7-16(13)25-19(14)23/h4-9H,10H2,1-3H3,(H,21,22). The van der Waals surface area contributed by atoms with Crippen LogP contribution in [0.1, 0.15) is 27.2 Å². The van der Waals surface area contributed by atoms with Crippen molar-refractivity contribution in [2.75, 3.05) is 7.11 Å². The Bertz CT molecular complexity index is 1010. The van der Waals surface area contributed by atoms with Crippen molar-refractivity contribution in [3.8, 4) is 5.75 Å². The van der Waals surface area contributed by atoms with Crippen LogP contribution >= 0.6 is 0 Å². The maximum Gasteiger partial charge on any atom is 0.349 e. The Kier molecular flexibility index (Phi) is 4.52. The second kappa shape index (κ2) is 6.76. The molecular formula is C19H18N2O4. The molecule has 0 spiro atoms. The first-order valence-electron chi connectivity index (χ1n) is 7.81. The minimum atomic E-state index is -0.664. The van der Waals surface area contributed by atoms with E-state index in [-0.39, 0.29) is 12.1 Å². The number of aryl methyl sites for hydroxylation is 1. The summed E-state index contributed by atoms with van der Waals surface area (Å²) in [5, 5.41) is 3.41. The first kappa shape index (κ1) is 16.7. The van der Waals surface area contributed by atoms with E-state index in [0.29, 0.717) is 16.7 Å². The lowest BCUT2D eigenvalue weighted by atomic mass is 10.1. The lowest BCUT2D eigenvalue weighted by Crippen LogP contribution is -2.28. The zero-order valence-electron chi connectivity index (χ0n) is 14.3. The van der Waals surface area contributed by atoms with Crippen LogP contribution in [0.2, 0.25) is 0 Å². The van der Waals surface area contributed by atoms with Gasteiger partial charge in [0, 0.05) is 22.7 Å². The number of benzene rings is 1. The van der Waals surface area contributed by atoms with Gasteiger partial charge in [0.05, 0.1) is 19.3 Å². The van der Waals surface area contributed by atoms with Crippen molar-refractivity contribution in [1.29, 1.82) is 0 Å². The third kappa shape index (κ3) is 3.24. The predicted molar refractivity (Wildman–Crippen MR) is 93.9 cm³/mol. The molecule has 0 aliphatic heterocycles. The van der Waals surface area contributed by atoms with E-state index in [0.717, 1.165) is 16.9 Å². The van der Waals surface area contributed by atoms with Crippen LogP contribution in [0.3, 0.4) is 0 Å². The number of pyridine rings is 1. The number of nitrogens with zero attached hydrogens (tertiary/aromatic N) is 1. The molecule has 0 unspecified atom stereocenters. The number of rotatable bonds is 4.